The summed E-state index contributed by atoms with van der Waals surface area (Å²) in [5, 5.41) is 4.02. The summed E-state index contributed by atoms with van der Waals surface area (Å²) >= 11 is 0. The fourth-order valence-corrected chi connectivity index (χ4v) is 3.97. The lowest BCUT2D eigenvalue weighted by Crippen LogP contribution is -2.62. The van der Waals surface area contributed by atoms with E-state index in [4.69, 9.17) is 9.15 Å². The van der Waals surface area contributed by atoms with Gasteiger partial charge in [0, 0.05) is 17.5 Å². The summed E-state index contributed by atoms with van der Waals surface area (Å²) < 4.78 is 10.6. The number of carbonyl (C=O) groups is 1. The molecule has 3 aliphatic heterocycles. The zero-order chi connectivity index (χ0) is 16.0. The van der Waals surface area contributed by atoms with Crippen molar-refractivity contribution in [2.24, 2.45) is 5.92 Å². The number of aromatic nitrogens is 1. The highest BCUT2D eigenvalue weighted by Gasteiger charge is 2.40. The lowest BCUT2D eigenvalue weighted by Gasteiger charge is -2.49. The van der Waals surface area contributed by atoms with Gasteiger partial charge in [0.05, 0.1) is 13.4 Å². The summed E-state index contributed by atoms with van der Waals surface area (Å²) in [6.07, 6.45) is 3.89. The van der Waals surface area contributed by atoms with Crippen molar-refractivity contribution in [1.82, 2.24) is 15.2 Å². The standard InChI is InChI=1S/C17H21N3O3/c1-10-14(11-3-6-20(10)7-4-11)19-16(21)13-9-12-5-8-23-15(12)17(18-13)22-2/h5,8-11,14H,3-4,6-7H2,1-2H3,(H,19,21)/t10-,14+/m1/s1. The maximum Gasteiger partial charge on any atom is 0.270 e. The molecule has 2 aromatic heterocycles. The fourth-order valence-electron chi connectivity index (χ4n) is 3.97. The third kappa shape index (κ3) is 2.37. The van der Waals surface area contributed by atoms with E-state index in [1.54, 1.807) is 12.3 Å². The van der Waals surface area contributed by atoms with Crippen LogP contribution in [0.25, 0.3) is 11.0 Å². The van der Waals surface area contributed by atoms with Gasteiger partial charge in [0.1, 0.15) is 5.69 Å². The van der Waals surface area contributed by atoms with Crippen LogP contribution in [0.1, 0.15) is 30.3 Å². The monoisotopic (exact) mass is 315 g/mol. The van der Waals surface area contributed by atoms with E-state index < -0.39 is 0 Å². The minimum atomic E-state index is -0.142. The molecule has 1 amide bonds. The van der Waals surface area contributed by atoms with E-state index in [2.05, 4.69) is 22.1 Å². The second-order valence-corrected chi connectivity index (χ2v) is 6.47. The van der Waals surface area contributed by atoms with Gasteiger partial charge in [-0.15, -0.1) is 0 Å². The van der Waals surface area contributed by atoms with Crippen molar-refractivity contribution in [1.29, 1.82) is 0 Å². The molecule has 3 aliphatic rings. The van der Waals surface area contributed by atoms with Gasteiger partial charge < -0.3 is 14.5 Å². The van der Waals surface area contributed by atoms with Crippen molar-refractivity contribution in [3.05, 3.63) is 24.1 Å². The summed E-state index contributed by atoms with van der Waals surface area (Å²) in [7, 11) is 1.53. The number of nitrogens with one attached hydrogen (secondary N) is 1. The Morgan fingerprint density at radius 2 is 2.22 bits per heavy atom. The van der Waals surface area contributed by atoms with Crippen LogP contribution in [0.3, 0.4) is 0 Å². The van der Waals surface area contributed by atoms with Gasteiger partial charge >= 0.3 is 0 Å². The normalized spacial score (nSPS) is 29.7. The Morgan fingerprint density at radius 1 is 1.43 bits per heavy atom. The van der Waals surface area contributed by atoms with Crippen molar-refractivity contribution < 1.29 is 13.9 Å². The summed E-state index contributed by atoms with van der Waals surface area (Å²) in [6.45, 7) is 4.49. The SMILES string of the molecule is COc1nc(C(=O)N[C@@H]2C3CCN(CC3)[C@@H]2C)cc2ccoc12. The van der Waals surface area contributed by atoms with Gasteiger partial charge in [-0.1, -0.05) is 0 Å². The number of piperidine rings is 3. The van der Waals surface area contributed by atoms with Crippen LogP contribution in [0, 0.1) is 5.92 Å². The molecule has 0 saturated carbocycles. The van der Waals surface area contributed by atoms with E-state index in [0.29, 0.717) is 29.1 Å². The van der Waals surface area contributed by atoms with E-state index in [0.717, 1.165) is 31.3 Å². The zero-order valence-corrected chi connectivity index (χ0v) is 13.4. The van der Waals surface area contributed by atoms with Gasteiger partial charge in [-0.25, -0.2) is 4.98 Å². The highest BCUT2D eigenvalue weighted by atomic mass is 16.5. The molecule has 5 heterocycles. The van der Waals surface area contributed by atoms with Crippen LogP contribution < -0.4 is 10.1 Å². The van der Waals surface area contributed by atoms with Crippen molar-refractivity contribution in [2.75, 3.05) is 20.2 Å². The number of carbonyl (C=O) groups excluding carboxylic acids is 1. The van der Waals surface area contributed by atoms with Crippen molar-refractivity contribution in [2.45, 2.75) is 31.8 Å². The molecular weight excluding hydrogens is 294 g/mol. The minimum Gasteiger partial charge on any atom is -0.478 e. The molecule has 23 heavy (non-hydrogen) atoms. The molecule has 5 rings (SSSR count). The molecule has 6 nitrogen and oxygen atoms in total. The number of amides is 1. The zero-order valence-electron chi connectivity index (χ0n) is 13.4. The first-order valence-corrected chi connectivity index (χ1v) is 8.14. The van der Waals surface area contributed by atoms with Crippen LogP contribution in [0.15, 0.2) is 22.8 Å². The molecule has 0 spiro atoms. The first kappa shape index (κ1) is 14.5. The average molecular weight is 315 g/mol. The third-order valence-electron chi connectivity index (χ3n) is 5.31. The largest absolute Gasteiger partial charge is 0.478 e. The quantitative estimate of drug-likeness (QED) is 0.939. The predicted octanol–water partition coefficient (Wildman–Crippen LogP) is 2.05. The Kier molecular flexibility index (Phi) is 3.49. The molecule has 0 aliphatic carbocycles. The van der Waals surface area contributed by atoms with E-state index in [1.165, 1.54) is 7.11 Å². The first-order chi connectivity index (χ1) is 11.2. The molecule has 2 bridgehead atoms. The maximum absolute atomic E-state index is 12.7. The van der Waals surface area contributed by atoms with Crippen molar-refractivity contribution in [3.63, 3.8) is 0 Å². The minimum absolute atomic E-state index is 0.142. The maximum atomic E-state index is 12.7. The summed E-state index contributed by atoms with van der Waals surface area (Å²) in [4.78, 5) is 19.4. The van der Waals surface area contributed by atoms with Crippen LogP contribution >= 0.6 is 0 Å². The van der Waals surface area contributed by atoms with E-state index in [-0.39, 0.29) is 11.9 Å². The molecule has 0 aromatic carbocycles. The highest BCUT2D eigenvalue weighted by molar-refractivity contribution is 5.97. The highest BCUT2D eigenvalue weighted by Crippen LogP contribution is 2.32. The van der Waals surface area contributed by atoms with E-state index >= 15 is 0 Å². The third-order valence-corrected chi connectivity index (χ3v) is 5.31. The van der Waals surface area contributed by atoms with Gasteiger partial charge in [-0.05, 0) is 50.9 Å². The predicted molar refractivity (Wildman–Crippen MR) is 85.6 cm³/mol. The molecule has 0 radical (unpaired) electrons. The summed E-state index contributed by atoms with van der Waals surface area (Å²) in [5.74, 6) is 0.773. The van der Waals surface area contributed by atoms with Crippen molar-refractivity contribution >= 4 is 16.9 Å². The van der Waals surface area contributed by atoms with Gasteiger partial charge in [0.25, 0.3) is 11.8 Å². The fraction of sp³-hybridized carbons (Fsp3) is 0.529. The summed E-state index contributed by atoms with van der Waals surface area (Å²) in [6, 6.07) is 4.14. The Bertz CT molecular complexity index is 732. The number of pyridine rings is 1. The van der Waals surface area contributed by atoms with Gasteiger partial charge in [0.2, 0.25) is 0 Å². The van der Waals surface area contributed by atoms with Crippen LogP contribution in [0.4, 0.5) is 0 Å². The molecule has 3 saturated heterocycles. The Hall–Kier alpha value is -2.08. The first-order valence-electron chi connectivity index (χ1n) is 8.14. The topological polar surface area (TPSA) is 67.6 Å². The number of fused-ring (bicyclic) bond motifs is 4. The number of methoxy groups -OCH3 is 1. The van der Waals surface area contributed by atoms with Gasteiger partial charge in [0.15, 0.2) is 5.58 Å². The van der Waals surface area contributed by atoms with Gasteiger partial charge in [-0.3, -0.25) is 9.69 Å². The van der Waals surface area contributed by atoms with Crippen LogP contribution in [-0.2, 0) is 0 Å². The van der Waals surface area contributed by atoms with Gasteiger partial charge in [-0.2, -0.15) is 0 Å². The molecule has 0 unspecified atom stereocenters. The lowest BCUT2D eigenvalue weighted by atomic mass is 9.79. The second-order valence-electron chi connectivity index (χ2n) is 6.47. The Morgan fingerprint density at radius 3 is 2.91 bits per heavy atom. The molecule has 2 atom stereocenters. The number of hydrogen-bond donors (Lipinski definition) is 1. The molecule has 122 valence electrons. The Balaban J connectivity index is 1.59. The molecule has 2 aromatic rings. The molecule has 1 N–H and O–H groups in total. The van der Waals surface area contributed by atoms with Crippen LogP contribution in [-0.4, -0.2) is 48.1 Å². The molecule has 3 fully saturated rings. The van der Waals surface area contributed by atoms with Crippen LogP contribution in [0.5, 0.6) is 5.88 Å². The summed E-state index contributed by atoms with van der Waals surface area (Å²) in [5.41, 5.74) is 0.944. The number of ether oxygens (including phenoxy) is 1. The number of furan rings is 1. The van der Waals surface area contributed by atoms with E-state index in [9.17, 15) is 4.79 Å². The number of hydrogen-bond acceptors (Lipinski definition) is 5. The second kappa shape index (κ2) is 5.53. The molecular formula is C17H21N3O3. The number of rotatable bonds is 3. The van der Waals surface area contributed by atoms with Crippen molar-refractivity contribution in [3.8, 4) is 5.88 Å². The lowest BCUT2D eigenvalue weighted by molar-refractivity contribution is 0.0216. The smallest absolute Gasteiger partial charge is 0.270 e. The van der Waals surface area contributed by atoms with E-state index in [1.807, 2.05) is 6.07 Å². The molecule has 6 heteroatoms. The average Bonchev–Trinajstić information content (AvgIpc) is 3.06. The van der Waals surface area contributed by atoms with Crippen LogP contribution in [0.2, 0.25) is 0 Å². The Labute approximate surface area is 134 Å². The number of nitrogens with zero attached hydrogens (tertiary/aromatic N) is 2.